The number of anilines is 1. The molecule has 2 aromatic carbocycles. The van der Waals surface area contributed by atoms with Gasteiger partial charge in [-0.25, -0.2) is 18.5 Å². The summed E-state index contributed by atoms with van der Waals surface area (Å²) in [6, 6.07) is 12.4. The Balaban J connectivity index is 1.74. The van der Waals surface area contributed by atoms with E-state index < -0.39 is 15.9 Å². The van der Waals surface area contributed by atoms with Gasteiger partial charge in [0, 0.05) is 11.6 Å². The second kappa shape index (κ2) is 7.61. The molecule has 1 fully saturated rings. The van der Waals surface area contributed by atoms with Gasteiger partial charge in [-0.1, -0.05) is 37.5 Å². The number of fused-ring (bicyclic) bond motifs is 1. The third-order valence-corrected chi connectivity index (χ3v) is 6.45. The zero-order valence-corrected chi connectivity index (χ0v) is 17.1. The average molecular weight is 413 g/mol. The van der Waals surface area contributed by atoms with E-state index in [0.29, 0.717) is 11.5 Å². The molecule has 1 heterocycles. The Labute approximate surface area is 170 Å². The highest BCUT2D eigenvalue weighted by atomic mass is 32.2. The van der Waals surface area contributed by atoms with Crippen molar-refractivity contribution in [2.24, 2.45) is 5.14 Å². The summed E-state index contributed by atoms with van der Waals surface area (Å²) in [4.78, 5) is 17.6. The lowest BCUT2D eigenvalue weighted by Gasteiger charge is -2.25. The second-order valence-electron chi connectivity index (χ2n) is 7.56. The number of hydrogen-bond donors (Lipinski definition) is 2. The van der Waals surface area contributed by atoms with Crippen LogP contribution in [0.5, 0.6) is 0 Å². The van der Waals surface area contributed by atoms with Crippen LogP contribution >= 0.6 is 0 Å². The Bertz CT molecular complexity index is 1180. The monoisotopic (exact) mass is 412 g/mol. The number of benzene rings is 2. The minimum absolute atomic E-state index is 0.0889. The van der Waals surface area contributed by atoms with Crippen LogP contribution in [0, 0.1) is 6.92 Å². The third-order valence-electron chi connectivity index (χ3n) is 5.54. The van der Waals surface area contributed by atoms with Gasteiger partial charge in [0.15, 0.2) is 0 Å². The lowest BCUT2D eigenvalue weighted by atomic mass is 9.95. The molecule has 1 amide bonds. The van der Waals surface area contributed by atoms with Crippen LogP contribution in [0.25, 0.3) is 11.0 Å². The summed E-state index contributed by atoms with van der Waals surface area (Å²) in [5.74, 6) is 0.0869. The summed E-state index contributed by atoms with van der Waals surface area (Å²) < 4.78 is 25.5. The number of nitrogens with zero attached hydrogens (tertiary/aromatic N) is 2. The molecule has 3 aromatic rings. The first-order valence-corrected chi connectivity index (χ1v) is 11.3. The normalized spacial score (nSPS) is 15.5. The Morgan fingerprint density at radius 1 is 1.14 bits per heavy atom. The second-order valence-corrected chi connectivity index (χ2v) is 9.12. The number of amides is 1. The number of primary sulfonamides is 1. The van der Waals surface area contributed by atoms with Gasteiger partial charge in [-0.3, -0.25) is 10.1 Å². The van der Waals surface area contributed by atoms with Gasteiger partial charge in [-0.05, 0) is 49.6 Å². The number of nitrogens with one attached hydrogen (secondary N) is 1. The van der Waals surface area contributed by atoms with E-state index in [1.54, 1.807) is 13.0 Å². The maximum absolute atomic E-state index is 13.0. The largest absolute Gasteiger partial charge is 0.307 e. The number of aromatic nitrogens is 2. The third kappa shape index (κ3) is 3.90. The zero-order chi connectivity index (χ0) is 20.6. The summed E-state index contributed by atoms with van der Waals surface area (Å²) in [7, 11) is -3.90. The molecule has 0 radical (unpaired) electrons. The maximum Gasteiger partial charge on any atom is 0.258 e. The number of para-hydroxylation sites is 2. The number of sulfonamides is 1. The fourth-order valence-electron chi connectivity index (χ4n) is 4.03. The minimum Gasteiger partial charge on any atom is -0.307 e. The molecule has 0 spiro atoms. The minimum atomic E-state index is -3.90. The Kier molecular flexibility index (Phi) is 5.14. The van der Waals surface area contributed by atoms with Crippen LogP contribution in [0.3, 0.4) is 0 Å². The lowest BCUT2D eigenvalue weighted by Crippen LogP contribution is -2.21. The van der Waals surface area contributed by atoms with Gasteiger partial charge in [0.05, 0.1) is 15.9 Å². The summed E-state index contributed by atoms with van der Waals surface area (Å²) in [6.07, 6.45) is 5.62. The topological polar surface area (TPSA) is 107 Å². The van der Waals surface area contributed by atoms with Crippen molar-refractivity contribution in [1.82, 2.24) is 9.55 Å². The van der Waals surface area contributed by atoms with Gasteiger partial charge in [0.25, 0.3) is 5.91 Å². The molecular formula is C21H24N4O3S. The van der Waals surface area contributed by atoms with Crippen molar-refractivity contribution >= 4 is 32.9 Å². The van der Waals surface area contributed by atoms with Crippen molar-refractivity contribution in [2.45, 2.75) is 50.0 Å². The molecule has 0 atom stereocenters. The molecule has 8 heteroatoms. The van der Waals surface area contributed by atoms with Gasteiger partial charge < -0.3 is 4.57 Å². The highest BCUT2D eigenvalue weighted by Crippen LogP contribution is 2.34. The molecule has 1 saturated carbocycles. The van der Waals surface area contributed by atoms with Gasteiger partial charge in [-0.2, -0.15) is 0 Å². The van der Waals surface area contributed by atoms with E-state index in [-0.39, 0.29) is 16.5 Å². The number of carbonyl (C=O) groups excluding carboxylic acids is 1. The van der Waals surface area contributed by atoms with Crippen LogP contribution in [-0.2, 0) is 10.0 Å². The number of carbonyl (C=O) groups is 1. The predicted molar refractivity (Wildman–Crippen MR) is 112 cm³/mol. The van der Waals surface area contributed by atoms with E-state index in [4.69, 9.17) is 5.14 Å². The molecule has 1 aromatic heterocycles. The predicted octanol–water partition coefficient (Wildman–Crippen LogP) is 3.75. The van der Waals surface area contributed by atoms with E-state index in [2.05, 4.69) is 14.9 Å². The molecule has 29 heavy (non-hydrogen) atoms. The van der Waals surface area contributed by atoms with Crippen molar-refractivity contribution < 1.29 is 13.2 Å². The van der Waals surface area contributed by atoms with Crippen LogP contribution in [-0.4, -0.2) is 23.9 Å². The number of rotatable bonds is 4. The number of hydrogen-bond acceptors (Lipinski definition) is 4. The fourth-order valence-corrected chi connectivity index (χ4v) is 4.57. The summed E-state index contributed by atoms with van der Waals surface area (Å²) in [5, 5.41) is 8.14. The van der Waals surface area contributed by atoms with Crippen LogP contribution in [0.15, 0.2) is 47.4 Å². The quantitative estimate of drug-likeness (QED) is 0.680. The smallest absolute Gasteiger partial charge is 0.258 e. The molecule has 4 rings (SSSR count). The Hall–Kier alpha value is -2.71. The average Bonchev–Trinajstić information content (AvgIpc) is 3.05. The van der Waals surface area contributed by atoms with Gasteiger partial charge >= 0.3 is 0 Å². The number of nitrogens with two attached hydrogens (primary N) is 1. The first-order valence-electron chi connectivity index (χ1n) is 9.76. The highest BCUT2D eigenvalue weighted by molar-refractivity contribution is 7.89. The van der Waals surface area contributed by atoms with Crippen LogP contribution in [0.2, 0.25) is 0 Å². The van der Waals surface area contributed by atoms with Crippen LogP contribution in [0.4, 0.5) is 5.95 Å². The SMILES string of the molecule is Cc1ccc(S(N)(=O)=O)cc1C(=O)Nc1nc2ccccc2n1C1CCCCC1. The molecular weight excluding hydrogens is 388 g/mol. The zero-order valence-electron chi connectivity index (χ0n) is 16.3. The van der Waals surface area contributed by atoms with Crippen LogP contribution < -0.4 is 10.5 Å². The van der Waals surface area contributed by atoms with Crippen molar-refractivity contribution in [2.75, 3.05) is 5.32 Å². The molecule has 3 N–H and O–H groups in total. The van der Waals surface area contributed by atoms with Crippen LogP contribution in [0.1, 0.15) is 54.1 Å². The van der Waals surface area contributed by atoms with Gasteiger partial charge in [0.1, 0.15) is 0 Å². The summed E-state index contributed by atoms with van der Waals surface area (Å²) in [5.41, 5.74) is 2.74. The first-order chi connectivity index (χ1) is 13.8. The van der Waals surface area contributed by atoms with Crippen molar-refractivity contribution in [1.29, 1.82) is 0 Å². The van der Waals surface area contributed by atoms with Crippen molar-refractivity contribution in [3.63, 3.8) is 0 Å². The standard InChI is InChI=1S/C21H24N4O3S/c1-14-11-12-16(29(22,27)28)13-17(14)20(26)24-21-23-18-9-5-6-10-19(18)25(21)15-7-3-2-4-8-15/h5-6,9-13,15H,2-4,7-8H2,1H3,(H2,22,27,28)(H,23,24,26). The van der Waals surface area contributed by atoms with E-state index in [0.717, 1.165) is 36.7 Å². The molecule has 0 saturated heterocycles. The molecule has 0 bridgehead atoms. The first kappa shape index (κ1) is 19.6. The number of aryl methyl sites for hydroxylation is 1. The van der Waals surface area contributed by atoms with Crippen molar-refractivity contribution in [3.8, 4) is 0 Å². The Morgan fingerprint density at radius 3 is 2.59 bits per heavy atom. The molecule has 1 aliphatic carbocycles. The van der Waals surface area contributed by atoms with E-state index >= 15 is 0 Å². The molecule has 0 aliphatic heterocycles. The van der Waals surface area contributed by atoms with E-state index in [1.165, 1.54) is 18.6 Å². The Morgan fingerprint density at radius 2 is 1.86 bits per heavy atom. The summed E-state index contributed by atoms with van der Waals surface area (Å²) in [6.45, 7) is 1.76. The summed E-state index contributed by atoms with van der Waals surface area (Å²) >= 11 is 0. The van der Waals surface area contributed by atoms with Gasteiger partial charge in [0.2, 0.25) is 16.0 Å². The highest BCUT2D eigenvalue weighted by Gasteiger charge is 2.23. The van der Waals surface area contributed by atoms with E-state index in [1.807, 2.05) is 24.3 Å². The molecule has 0 unspecified atom stereocenters. The van der Waals surface area contributed by atoms with Crippen molar-refractivity contribution in [3.05, 3.63) is 53.6 Å². The maximum atomic E-state index is 13.0. The number of imidazole rings is 1. The molecule has 152 valence electrons. The van der Waals surface area contributed by atoms with E-state index in [9.17, 15) is 13.2 Å². The molecule has 1 aliphatic rings. The fraction of sp³-hybridized carbons (Fsp3) is 0.333. The van der Waals surface area contributed by atoms with Gasteiger partial charge in [-0.15, -0.1) is 0 Å². The molecule has 7 nitrogen and oxygen atoms in total. The lowest BCUT2D eigenvalue weighted by molar-refractivity contribution is 0.102.